The Hall–Kier alpha value is -2.41. The van der Waals surface area contributed by atoms with Crippen molar-refractivity contribution in [2.24, 2.45) is 5.92 Å². The molecule has 0 spiro atoms. The minimum absolute atomic E-state index is 0.0524. The Labute approximate surface area is 152 Å². The van der Waals surface area contributed by atoms with Gasteiger partial charge in [-0.2, -0.15) is 0 Å². The number of benzene rings is 1. The molecule has 0 unspecified atom stereocenters. The molecule has 2 aliphatic carbocycles. The summed E-state index contributed by atoms with van der Waals surface area (Å²) in [4.78, 5) is 37.0. The summed E-state index contributed by atoms with van der Waals surface area (Å²) in [6.07, 6.45) is 3.89. The number of carboxylic acid groups (broad SMARTS) is 1. The second kappa shape index (κ2) is 8.31. The van der Waals surface area contributed by atoms with Gasteiger partial charge in [0.15, 0.2) is 0 Å². The van der Waals surface area contributed by atoms with Crippen molar-refractivity contribution in [3.8, 4) is 0 Å². The van der Waals surface area contributed by atoms with Gasteiger partial charge in [0.1, 0.15) is 0 Å². The molecule has 0 atom stereocenters. The summed E-state index contributed by atoms with van der Waals surface area (Å²) >= 11 is 0. The number of rotatable bonds is 9. The van der Waals surface area contributed by atoms with E-state index in [2.05, 4.69) is 10.6 Å². The van der Waals surface area contributed by atoms with Crippen LogP contribution in [0.2, 0.25) is 0 Å². The van der Waals surface area contributed by atoms with Gasteiger partial charge in [-0.1, -0.05) is 18.2 Å². The molecule has 0 aromatic heterocycles. The summed E-state index contributed by atoms with van der Waals surface area (Å²) < 4.78 is 0. The van der Waals surface area contributed by atoms with E-state index in [9.17, 15) is 14.4 Å². The van der Waals surface area contributed by atoms with E-state index in [1.54, 1.807) is 24.3 Å². The van der Waals surface area contributed by atoms with Crippen molar-refractivity contribution in [3.05, 3.63) is 35.9 Å². The molecule has 3 rings (SSSR count). The molecular weight excluding hydrogens is 334 g/mol. The molecule has 0 saturated heterocycles. The number of amides is 2. The van der Waals surface area contributed by atoms with Crippen LogP contribution in [0.1, 0.15) is 36.0 Å². The van der Waals surface area contributed by atoms with E-state index in [-0.39, 0.29) is 37.0 Å². The van der Waals surface area contributed by atoms with Gasteiger partial charge in [-0.25, -0.2) is 0 Å². The van der Waals surface area contributed by atoms with E-state index in [1.165, 1.54) is 12.8 Å². The fourth-order valence-corrected chi connectivity index (χ4v) is 3.28. The predicted molar refractivity (Wildman–Crippen MR) is 95.7 cm³/mol. The highest BCUT2D eigenvalue weighted by atomic mass is 16.4. The first-order chi connectivity index (χ1) is 12.5. The van der Waals surface area contributed by atoms with Crippen LogP contribution < -0.4 is 10.6 Å². The third kappa shape index (κ3) is 5.29. The summed E-state index contributed by atoms with van der Waals surface area (Å²) in [7, 11) is 0. The summed E-state index contributed by atoms with van der Waals surface area (Å²) in [6, 6.07) is 9.03. The van der Waals surface area contributed by atoms with Gasteiger partial charge in [-0.05, 0) is 43.7 Å². The monoisotopic (exact) mass is 359 g/mol. The van der Waals surface area contributed by atoms with Gasteiger partial charge in [0.2, 0.25) is 5.91 Å². The second-order valence-electron chi connectivity index (χ2n) is 7.20. The van der Waals surface area contributed by atoms with Crippen LogP contribution in [-0.4, -0.2) is 59.5 Å². The van der Waals surface area contributed by atoms with E-state index >= 15 is 0 Å². The number of carbonyl (C=O) groups is 3. The lowest BCUT2D eigenvalue weighted by Crippen LogP contribution is -2.56. The van der Waals surface area contributed by atoms with Crippen LogP contribution in [0, 0.1) is 5.92 Å². The summed E-state index contributed by atoms with van der Waals surface area (Å²) in [5, 5.41) is 14.6. The molecule has 7 nitrogen and oxygen atoms in total. The molecule has 26 heavy (non-hydrogen) atoms. The van der Waals surface area contributed by atoms with E-state index in [1.807, 2.05) is 11.0 Å². The second-order valence-corrected chi connectivity index (χ2v) is 7.20. The van der Waals surface area contributed by atoms with Gasteiger partial charge in [-0.15, -0.1) is 0 Å². The largest absolute Gasteiger partial charge is 0.480 e. The van der Waals surface area contributed by atoms with Crippen molar-refractivity contribution in [1.82, 2.24) is 15.5 Å². The average Bonchev–Trinajstić information content (AvgIpc) is 3.39. The van der Waals surface area contributed by atoms with Crippen LogP contribution in [0.4, 0.5) is 0 Å². The Kier molecular flexibility index (Phi) is 5.88. The van der Waals surface area contributed by atoms with Crippen LogP contribution in [0.5, 0.6) is 0 Å². The maximum absolute atomic E-state index is 12.0. The van der Waals surface area contributed by atoms with E-state index in [0.717, 1.165) is 19.4 Å². The zero-order valence-corrected chi connectivity index (χ0v) is 14.7. The van der Waals surface area contributed by atoms with Crippen LogP contribution in [0.3, 0.4) is 0 Å². The van der Waals surface area contributed by atoms with Gasteiger partial charge >= 0.3 is 5.97 Å². The molecule has 1 aromatic rings. The van der Waals surface area contributed by atoms with Crippen LogP contribution in [0.25, 0.3) is 0 Å². The van der Waals surface area contributed by atoms with Crippen LogP contribution >= 0.6 is 0 Å². The molecule has 0 aliphatic heterocycles. The minimum Gasteiger partial charge on any atom is -0.480 e. The fraction of sp³-hybridized carbons (Fsp3) is 0.526. The molecule has 0 heterocycles. The standard InChI is InChI=1S/C19H25N3O4/c23-17(10-20-19(26)14-4-2-1-3-5-14)21-15-8-16(9-15)22(12-18(24)25)11-13-6-7-13/h1-5,13,15-16H,6-12H2,(H,20,26)(H,21,23)(H,24,25). The first-order valence-corrected chi connectivity index (χ1v) is 9.09. The number of hydrogen-bond donors (Lipinski definition) is 3. The predicted octanol–water partition coefficient (Wildman–Crippen LogP) is 0.860. The van der Waals surface area contributed by atoms with Crippen molar-refractivity contribution < 1.29 is 19.5 Å². The maximum Gasteiger partial charge on any atom is 0.317 e. The highest BCUT2D eigenvalue weighted by molar-refractivity contribution is 5.96. The molecule has 7 heteroatoms. The van der Waals surface area contributed by atoms with Gasteiger partial charge < -0.3 is 15.7 Å². The first kappa shape index (κ1) is 18.4. The van der Waals surface area contributed by atoms with Crippen molar-refractivity contribution in [1.29, 1.82) is 0 Å². The molecule has 140 valence electrons. The van der Waals surface area contributed by atoms with Gasteiger partial charge in [-0.3, -0.25) is 19.3 Å². The summed E-state index contributed by atoms with van der Waals surface area (Å²) in [5.41, 5.74) is 0.522. The van der Waals surface area contributed by atoms with Crippen molar-refractivity contribution in [2.75, 3.05) is 19.6 Å². The molecule has 2 fully saturated rings. The lowest BCUT2D eigenvalue weighted by Gasteiger charge is -2.42. The van der Waals surface area contributed by atoms with Crippen molar-refractivity contribution in [2.45, 2.75) is 37.8 Å². The summed E-state index contributed by atoms with van der Waals surface area (Å²) in [6.45, 7) is 0.843. The Morgan fingerprint density at radius 1 is 1.12 bits per heavy atom. The lowest BCUT2D eigenvalue weighted by atomic mass is 9.85. The molecule has 0 radical (unpaired) electrons. The number of nitrogens with one attached hydrogen (secondary N) is 2. The Morgan fingerprint density at radius 3 is 2.42 bits per heavy atom. The number of carbonyl (C=O) groups excluding carboxylic acids is 2. The van der Waals surface area contributed by atoms with Crippen molar-refractivity contribution >= 4 is 17.8 Å². The number of nitrogens with zero attached hydrogens (tertiary/aromatic N) is 1. The van der Waals surface area contributed by atoms with E-state index in [0.29, 0.717) is 11.5 Å². The fourth-order valence-electron chi connectivity index (χ4n) is 3.28. The first-order valence-electron chi connectivity index (χ1n) is 9.09. The zero-order chi connectivity index (χ0) is 18.5. The molecule has 2 amide bonds. The molecule has 1 aromatic carbocycles. The highest BCUT2D eigenvalue weighted by Crippen LogP contribution is 2.33. The highest BCUT2D eigenvalue weighted by Gasteiger charge is 2.37. The maximum atomic E-state index is 12.0. The number of aliphatic carboxylic acids is 1. The van der Waals surface area contributed by atoms with E-state index < -0.39 is 5.97 Å². The third-order valence-electron chi connectivity index (χ3n) is 4.97. The zero-order valence-electron chi connectivity index (χ0n) is 14.7. The quantitative estimate of drug-likeness (QED) is 0.607. The Morgan fingerprint density at radius 2 is 1.81 bits per heavy atom. The van der Waals surface area contributed by atoms with Crippen LogP contribution in [-0.2, 0) is 9.59 Å². The molecule has 3 N–H and O–H groups in total. The van der Waals surface area contributed by atoms with Gasteiger partial charge in [0.25, 0.3) is 5.91 Å². The topological polar surface area (TPSA) is 98.7 Å². The Balaban J connectivity index is 1.37. The van der Waals surface area contributed by atoms with Crippen molar-refractivity contribution in [3.63, 3.8) is 0 Å². The van der Waals surface area contributed by atoms with Gasteiger partial charge in [0.05, 0.1) is 13.1 Å². The van der Waals surface area contributed by atoms with Gasteiger partial charge in [0, 0.05) is 24.2 Å². The molecule has 2 saturated carbocycles. The van der Waals surface area contributed by atoms with E-state index in [4.69, 9.17) is 5.11 Å². The molecule has 0 bridgehead atoms. The van der Waals surface area contributed by atoms with Crippen LogP contribution in [0.15, 0.2) is 30.3 Å². The minimum atomic E-state index is -0.804. The third-order valence-corrected chi connectivity index (χ3v) is 4.97. The smallest absolute Gasteiger partial charge is 0.317 e. The summed E-state index contributed by atoms with van der Waals surface area (Å²) in [5.74, 6) is -0.660. The Bertz CT molecular complexity index is 654. The number of carboxylic acids is 1. The average molecular weight is 359 g/mol. The molecule has 2 aliphatic rings. The molecular formula is C19H25N3O4. The normalized spacial score (nSPS) is 21.7. The lowest BCUT2D eigenvalue weighted by molar-refractivity contribution is -0.140. The SMILES string of the molecule is O=C(O)CN(CC1CC1)C1CC(NC(=O)CNC(=O)c2ccccc2)C1. The number of hydrogen-bond acceptors (Lipinski definition) is 4.